The average molecular weight is 415 g/mol. The number of anilines is 1. The fourth-order valence-electron chi connectivity index (χ4n) is 3.47. The molecule has 0 spiro atoms. The number of hydrogen-bond acceptors (Lipinski definition) is 6. The summed E-state index contributed by atoms with van der Waals surface area (Å²) in [6.45, 7) is 7.05. The van der Waals surface area contributed by atoms with Crippen molar-refractivity contribution in [2.45, 2.75) is 20.4 Å². The van der Waals surface area contributed by atoms with Gasteiger partial charge in [0.2, 0.25) is 5.88 Å². The molecular formula is C22H30N4O4. The van der Waals surface area contributed by atoms with Crippen LogP contribution < -0.4 is 24.4 Å². The number of carbonyl (C=O) groups excluding carboxylic acids is 1. The lowest BCUT2D eigenvalue weighted by Crippen LogP contribution is -2.51. The summed E-state index contributed by atoms with van der Waals surface area (Å²) in [7, 11) is 4.87. The number of hydrogen-bond donors (Lipinski definition) is 1. The fraction of sp³-hybridized carbons (Fsp3) is 0.455. The van der Waals surface area contributed by atoms with Crippen LogP contribution in [0, 0.1) is 13.8 Å². The van der Waals surface area contributed by atoms with Gasteiger partial charge >= 0.3 is 6.03 Å². The molecule has 0 saturated carbocycles. The number of nitrogens with one attached hydrogen (secondary N) is 1. The lowest BCUT2D eigenvalue weighted by atomic mass is 10.1. The van der Waals surface area contributed by atoms with Gasteiger partial charge in [0, 0.05) is 67.9 Å². The highest BCUT2D eigenvalue weighted by Gasteiger charge is 2.22. The van der Waals surface area contributed by atoms with Gasteiger partial charge in [-0.1, -0.05) is 0 Å². The highest BCUT2D eigenvalue weighted by molar-refractivity contribution is 5.74. The van der Waals surface area contributed by atoms with Crippen molar-refractivity contribution in [3.05, 3.63) is 41.1 Å². The maximum atomic E-state index is 12.7. The molecule has 1 aliphatic rings. The number of benzene rings is 1. The van der Waals surface area contributed by atoms with Gasteiger partial charge in [0.25, 0.3) is 0 Å². The Morgan fingerprint density at radius 3 is 2.17 bits per heavy atom. The van der Waals surface area contributed by atoms with Crippen LogP contribution in [-0.4, -0.2) is 63.4 Å². The number of piperazine rings is 1. The third-order valence-corrected chi connectivity index (χ3v) is 5.40. The van der Waals surface area contributed by atoms with E-state index in [1.54, 1.807) is 21.3 Å². The summed E-state index contributed by atoms with van der Waals surface area (Å²) in [6.07, 6.45) is 0. The SMILES string of the molecule is COc1cc(OC)cc(N2CCN(C(=O)NCc3cc(C)c(C)nc3OC)CC2)c1. The number of amides is 2. The van der Waals surface area contributed by atoms with Gasteiger partial charge in [-0.05, 0) is 25.5 Å². The highest BCUT2D eigenvalue weighted by atomic mass is 16.5. The van der Waals surface area contributed by atoms with E-state index in [2.05, 4.69) is 15.2 Å². The minimum atomic E-state index is -0.0850. The quantitative estimate of drug-likeness (QED) is 0.783. The third-order valence-electron chi connectivity index (χ3n) is 5.40. The summed E-state index contributed by atoms with van der Waals surface area (Å²) in [4.78, 5) is 21.2. The molecule has 8 heteroatoms. The minimum absolute atomic E-state index is 0.0850. The van der Waals surface area contributed by atoms with Gasteiger partial charge in [-0.15, -0.1) is 0 Å². The van der Waals surface area contributed by atoms with E-state index < -0.39 is 0 Å². The van der Waals surface area contributed by atoms with Crippen LogP contribution in [0.2, 0.25) is 0 Å². The van der Waals surface area contributed by atoms with E-state index in [0.717, 1.165) is 47.1 Å². The molecule has 2 heterocycles. The molecule has 30 heavy (non-hydrogen) atoms. The van der Waals surface area contributed by atoms with E-state index in [-0.39, 0.29) is 6.03 Å². The molecule has 0 aliphatic carbocycles. The topological polar surface area (TPSA) is 76.2 Å². The first-order valence-corrected chi connectivity index (χ1v) is 9.97. The maximum Gasteiger partial charge on any atom is 0.317 e. The Labute approximate surface area is 177 Å². The van der Waals surface area contributed by atoms with Crippen LogP contribution in [0.4, 0.5) is 10.5 Å². The van der Waals surface area contributed by atoms with Crippen LogP contribution in [0.5, 0.6) is 17.4 Å². The molecule has 1 aromatic heterocycles. The first kappa shape index (κ1) is 21.5. The van der Waals surface area contributed by atoms with Gasteiger partial charge in [0.1, 0.15) is 11.5 Å². The molecule has 0 radical (unpaired) electrons. The number of pyridine rings is 1. The van der Waals surface area contributed by atoms with Gasteiger partial charge in [-0.25, -0.2) is 9.78 Å². The monoisotopic (exact) mass is 414 g/mol. The lowest BCUT2D eigenvalue weighted by molar-refractivity contribution is 0.193. The predicted octanol–water partition coefficient (Wildman–Crippen LogP) is 2.76. The standard InChI is InChI=1S/C22H30N4O4/c1-15-10-17(21(30-5)24-16(15)2)14-23-22(27)26-8-6-25(7-9-26)18-11-19(28-3)13-20(12-18)29-4/h10-13H,6-9,14H2,1-5H3,(H,23,27). The number of aromatic nitrogens is 1. The van der Waals surface area contributed by atoms with Crippen LogP contribution in [0.15, 0.2) is 24.3 Å². The van der Waals surface area contributed by atoms with Gasteiger partial charge in [0.15, 0.2) is 0 Å². The number of methoxy groups -OCH3 is 3. The van der Waals surface area contributed by atoms with Crippen molar-refractivity contribution in [2.75, 3.05) is 52.4 Å². The summed E-state index contributed by atoms with van der Waals surface area (Å²) in [5.41, 5.74) is 3.89. The summed E-state index contributed by atoms with van der Waals surface area (Å²) < 4.78 is 16.1. The zero-order valence-electron chi connectivity index (χ0n) is 18.3. The molecule has 0 unspecified atom stereocenters. The zero-order chi connectivity index (χ0) is 21.7. The Hall–Kier alpha value is -3.16. The Kier molecular flexibility index (Phi) is 6.87. The predicted molar refractivity (Wildman–Crippen MR) is 116 cm³/mol. The van der Waals surface area contributed by atoms with Crippen molar-refractivity contribution in [1.82, 2.24) is 15.2 Å². The Balaban J connectivity index is 1.58. The second-order valence-corrected chi connectivity index (χ2v) is 7.26. The van der Waals surface area contributed by atoms with Crippen LogP contribution in [0.1, 0.15) is 16.8 Å². The molecule has 3 rings (SSSR count). The normalized spacial score (nSPS) is 13.8. The van der Waals surface area contributed by atoms with E-state index in [9.17, 15) is 4.79 Å². The number of urea groups is 1. The van der Waals surface area contributed by atoms with Crippen LogP contribution >= 0.6 is 0 Å². The molecule has 8 nitrogen and oxygen atoms in total. The van der Waals surface area contributed by atoms with Crippen molar-refractivity contribution in [2.24, 2.45) is 0 Å². The van der Waals surface area contributed by atoms with Crippen molar-refractivity contribution < 1.29 is 19.0 Å². The summed E-state index contributed by atoms with van der Waals surface area (Å²) in [5, 5.41) is 2.99. The van der Waals surface area contributed by atoms with Crippen LogP contribution in [0.3, 0.4) is 0 Å². The Bertz CT molecular complexity index is 873. The molecule has 1 N–H and O–H groups in total. The molecule has 2 amide bonds. The smallest absolute Gasteiger partial charge is 0.317 e. The fourth-order valence-corrected chi connectivity index (χ4v) is 3.47. The lowest BCUT2D eigenvalue weighted by Gasteiger charge is -2.36. The largest absolute Gasteiger partial charge is 0.497 e. The molecule has 1 fully saturated rings. The van der Waals surface area contributed by atoms with Gasteiger partial charge in [-0.3, -0.25) is 0 Å². The first-order valence-electron chi connectivity index (χ1n) is 9.97. The van der Waals surface area contributed by atoms with Crippen molar-refractivity contribution >= 4 is 11.7 Å². The Morgan fingerprint density at radius 2 is 1.60 bits per heavy atom. The number of carbonyl (C=O) groups is 1. The molecule has 1 aromatic carbocycles. The summed E-state index contributed by atoms with van der Waals surface area (Å²) >= 11 is 0. The molecule has 1 aliphatic heterocycles. The van der Waals surface area contributed by atoms with Gasteiger partial charge < -0.3 is 29.3 Å². The van der Waals surface area contributed by atoms with Crippen molar-refractivity contribution in [3.63, 3.8) is 0 Å². The molecule has 2 aromatic rings. The van der Waals surface area contributed by atoms with E-state index in [1.807, 2.05) is 43.0 Å². The zero-order valence-corrected chi connectivity index (χ0v) is 18.3. The molecular weight excluding hydrogens is 384 g/mol. The van der Waals surface area contributed by atoms with Crippen LogP contribution in [0.25, 0.3) is 0 Å². The van der Waals surface area contributed by atoms with Gasteiger partial charge in [0.05, 0.1) is 21.3 Å². The van der Waals surface area contributed by atoms with Gasteiger partial charge in [-0.2, -0.15) is 0 Å². The van der Waals surface area contributed by atoms with E-state index in [1.165, 1.54) is 0 Å². The molecule has 0 atom stereocenters. The van der Waals surface area contributed by atoms with E-state index >= 15 is 0 Å². The second kappa shape index (κ2) is 9.56. The average Bonchev–Trinajstić information content (AvgIpc) is 2.78. The number of rotatable bonds is 6. The van der Waals surface area contributed by atoms with E-state index in [0.29, 0.717) is 25.5 Å². The summed E-state index contributed by atoms with van der Waals surface area (Å²) in [5.74, 6) is 2.05. The Morgan fingerprint density at radius 1 is 0.967 bits per heavy atom. The molecule has 162 valence electrons. The van der Waals surface area contributed by atoms with Crippen molar-refractivity contribution in [1.29, 1.82) is 0 Å². The number of aryl methyl sites for hydroxylation is 2. The molecule has 1 saturated heterocycles. The number of ether oxygens (including phenoxy) is 3. The van der Waals surface area contributed by atoms with Crippen LogP contribution in [-0.2, 0) is 6.54 Å². The first-order chi connectivity index (χ1) is 14.4. The van der Waals surface area contributed by atoms with Crippen molar-refractivity contribution in [3.8, 4) is 17.4 Å². The highest BCUT2D eigenvalue weighted by Crippen LogP contribution is 2.29. The maximum absolute atomic E-state index is 12.7. The van der Waals surface area contributed by atoms with E-state index in [4.69, 9.17) is 14.2 Å². The molecule has 0 bridgehead atoms. The third kappa shape index (κ3) is 4.87. The minimum Gasteiger partial charge on any atom is -0.497 e. The number of nitrogens with zero attached hydrogens (tertiary/aromatic N) is 3. The second-order valence-electron chi connectivity index (χ2n) is 7.26. The summed E-state index contributed by atoms with van der Waals surface area (Å²) in [6, 6.07) is 7.74.